The molecule has 30 heavy (non-hydrogen) atoms. The summed E-state index contributed by atoms with van der Waals surface area (Å²) in [6.07, 6.45) is 1.65. The van der Waals surface area contributed by atoms with Crippen molar-refractivity contribution in [3.8, 4) is 5.75 Å². The zero-order chi connectivity index (χ0) is 21.3. The maximum atomic E-state index is 13.5. The van der Waals surface area contributed by atoms with Crippen molar-refractivity contribution < 1.29 is 14.3 Å². The van der Waals surface area contributed by atoms with Crippen molar-refractivity contribution >= 4 is 17.6 Å². The molecule has 0 saturated carbocycles. The summed E-state index contributed by atoms with van der Waals surface area (Å²) in [5, 5.41) is 2.97. The molecule has 2 amide bonds. The van der Waals surface area contributed by atoms with Gasteiger partial charge in [-0.25, -0.2) is 4.98 Å². The zero-order valence-electron chi connectivity index (χ0n) is 17.1. The Morgan fingerprint density at radius 2 is 1.80 bits per heavy atom. The van der Waals surface area contributed by atoms with E-state index in [1.807, 2.05) is 61.5 Å². The molecular formula is C24H23N3O3. The highest BCUT2D eigenvalue weighted by atomic mass is 16.5. The van der Waals surface area contributed by atoms with Crippen LogP contribution in [0.2, 0.25) is 0 Å². The van der Waals surface area contributed by atoms with Crippen molar-refractivity contribution in [2.45, 2.75) is 18.9 Å². The normalized spacial score (nSPS) is 18.0. The van der Waals surface area contributed by atoms with E-state index in [2.05, 4.69) is 10.3 Å². The van der Waals surface area contributed by atoms with Gasteiger partial charge in [0.05, 0.1) is 19.1 Å². The first-order valence-electron chi connectivity index (χ1n) is 9.73. The molecule has 0 unspecified atom stereocenters. The molecule has 1 aromatic heterocycles. The molecule has 2 aromatic carbocycles. The Balaban J connectivity index is 1.80. The van der Waals surface area contributed by atoms with Gasteiger partial charge in [0.15, 0.2) is 0 Å². The number of fused-ring (bicyclic) bond motifs is 1. The molecule has 2 heterocycles. The summed E-state index contributed by atoms with van der Waals surface area (Å²) in [4.78, 5) is 32.5. The molecule has 0 radical (unpaired) electrons. The number of nitrogens with zero attached hydrogens (tertiary/aromatic N) is 2. The summed E-state index contributed by atoms with van der Waals surface area (Å²) in [5.41, 5.74) is 2.99. The largest absolute Gasteiger partial charge is 0.497 e. The number of methoxy groups -OCH3 is 1. The van der Waals surface area contributed by atoms with E-state index in [4.69, 9.17) is 4.74 Å². The Kier molecular flexibility index (Phi) is 5.23. The van der Waals surface area contributed by atoms with E-state index in [1.54, 1.807) is 31.3 Å². The van der Waals surface area contributed by atoms with E-state index in [9.17, 15) is 9.59 Å². The maximum Gasteiger partial charge on any atom is 0.254 e. The zero-order valence-corrected chi connectivity index (χ0v) is 17.1. The van der Waals surface area contributed by atoms with Crippen molar-refractivity contribution in [1.82, 2.24) is 9.88 Å². The van der Waals surface area contributed by atoms with Crippen LogP contribution in [0, 0.1) is 6.92 Å². The van der Waals surface area contributed by atoms with Crippen LogP contribution in [0.25, 0.3) is 0 Å². The van der Waals surface area contributed by atoms with Crippen molar-refractivity contribution in [3.63, 3.8) is 0 Å². The van der Waals surface area contributed by atoms with E-state index >= 15 is 0 Å². The third kappa shape index (κ3) is 3.41. The summed E-state index contributed by atoms with van der Waals surface area (Å²) in [5.74, 6) is 0.342. The number of aromatic nitrogens is 1. The second-order valence-corrected chi connectivity index (χ2v) is 7.36. The monoisotopic (exact) mass is 401 g/mol. The van der Waals surface area contributed by atoms with E-state index in [0.29, 0.717) is 22.7 Å². The van der Waals surface area contributed by atoms with Crippen LogP contribution in [0.3, 0.4) is 0 Å². The van der Waals surface area contributed by atoms with Gasteiger partial charge in [0.25, 0.3) is 5.91 Å². The highest BCUT2D eigenvalue weighted by Crippen LogP contribution is 2.42. The van der Waals surface area contributed by atoms with Gasteiger partial charge in [0.2, 0.25) is 5.91 Å². The van der Waals surface area contributed by atoms with Gasteiger partial charge in [-0.2, -0.15) is 0 Å². The van der Waals surface area contributed by atoms with E-state index in [1.165, 1.54) is 0 Å². The van der Waals surface area contributed by atoms with Gasteiger partial charge in [-0.3, -0.25) is 9.59 Å². The maximum absolute atomic E-state index is 13.5. The Hall–Kier alpha value is -3.67. The molecule has 152 valence electrons. The summed E-state index contributed by atoms with van der Waals surface area (Å²) < 4.78 is 5.26. The van der Waals surface area contributed by atoms with Gasteiger partial charge in [-0.05, 0) is 47.9 Å². The fourth-order valence-corrected chi connectivity index (χ4v) is 3.99. The first kappa shape index (κ1) is 19.6. The molecule has 1 N–H and O–H groups in total. The minimum atomic E-state index is -0.585. The average molecular weight is 401 g/mol. The second kappa shape index (κ2) is 7.99. The number of amides is 2. The smallest absolute Gasteiger partial charge is 0.254 e. The standard InChI is InChI=1S/C24H23N3O3/c1-15-7-6-14-25-22(15)26-23(28)20-18-8-4-5-9-19(18)24(29)27(2)21(20)16-10-12-17(30-3)13-11-16/h4-14,20-21H,1-3H3,(H,25,26,28)/t20-,21-/m0/s1. The minimum absolute atomic E-state index is 0.107. The lowest BCUT2D eigenvalue weighted by Gasteiger charge is -2.39. The minimum Gasteiger partial charge on any atom is -0.497 e. The molecule has 0 fully saturated rings. The van der Waals surface area contributed by atoms with Crippen LogP contribution >= 0.6 is 0 Å². The Bertz CT molecular complexity index is 1090. The van der Waals surface area contributed by atoms with Crippen LogP contribution in [-0.4, -0.2) is 35.9 Å². The molecule has 6 heteroatoms. The lowest BCUT2D eigenvalue weighted by molar-refractivity contribution is -0.119. The molecule has 0 saturated heterocycles. The van der Waals surface area contributed by atoms with E-state index in [-0.39, 0.29) is 11.8 Å². The molecular weight excluding hydrogens is 378 g/mol. The van der Waals surface area contributed by atoms with E-state index < -0.39 is 12.0 Å². The first-order valence-corrected chi connectivity index (χ1v) is 9.73. The predicted octanol–water partition coefficient (Wildman–Crippen LogP) is 3.95. The number of aryl methyl sites for hydroxylation is 1. The number of hydrogen-bond acceptors (Lipinski definition) is 4. The molecule has 6 nitrogen and oxygen atoms in total. The molecule has 0 aliphatic carbocycles. The van der Waals surface area contributed by atoms with Crippen molar-refractivity contribution in [2.24, 2.45) is 0 Å². The number of pyridine rings is 1. The van der Waals surface area contributed by atoms with Crippen LogP contribution < -0.4 is 10.1 Å². The number of carbonyl (C=O) groups is 2. The number of likely N-dealkylation sites (N-methyl/N-ethyl adjacent to an activating group) is 1. The molecule has 0 spiro atoms. The number of nitrogens with one attached hydrogen (secondary N) is 1. The van der Waals surface area contributed by atoms with Gasteiger partial charge in [-0.15, -0.1) is 0 Å². The molecule has 1 aliphatic rings. The van der Waals surface area contributed by atoms with Crippen molar-refractivity contribution in [2.75, 3.05) is 19.5 Å². The molecule has 2 atom stereocenters. The number of ether oxygens (including phenoxy) is 1. The van der Waals surface area contributed by atoms with Crippen molar-refractivity contribution in [3.05, 3.63) is 89.1 Å². The lowest BCUT2D eigenvalue weighted by atomic mass is 9.79. The highest BCUT2D eigenvalue weighted by Gasteiger charge is 2.42. The topological polar surface area (TPSA) is 71.5 Å². The number of carbonyl (C=O) groups excluding carboxylic acids is 2. The third-order valence-corrected chi connectivity index (χ3v) is 5.57. The average Bonchev–Trinajstić information content (AvgIpc) is 2.77. The second-order valence-electron chi connectivity index (χ2n) is 7.36. The van der Waals surface area contributed by atoms with E-state index in [0.717, 1.165) is 11.1 Å². The van der Waals surface area contributed by atoms with Gasteiger partial charge in [-0.1, -0.05) is 36.4 Å². The number of benzene rings is 2. The SMILES string of the molecule is COc1ccc([C@H]2[C@@H](C(=O)Nc3ncccc3C)c3ccccc3C(=O)N2C)cc1. The van der Waals surface area contributed by atoms with Gasteiger partial charge in [0.1, 0.15) is 11.6 Å². The summed E-state index contributed by atoms with van der Waals surface area (Å²) >= 11 is 0. The lowest BCUT2D eigenvalue weighted by Crippen LogP contribution is -2.44. The molecule has 4 rings (SSSR count). The van der Waals surface area contributed by atoms with Gasteiger partial charge < -0.3 is 15.0 Å². The summed E-state index contributed by atoms with van der Waals surface area (Å²) in [7, 11) is 3.34. The predicted molar refractivity (Wildman–Crippen MR) is 115 cm³/mol. The molecule has 1 aliphatic heterocycles. The fraction of sp³-hybridized carbons (Fsp3) is 0.208. The van der Waals surface area contributed by atoms with Crippen LogP contribution in [0.4, 0.5) is 5.82 Å². The first-order chi connectivity index (χ1) is 14.5. The van der Waals surface area contributed by atoms with Crippen LogP contribution in [0.1, 0.15) is 39.0 Å². The summed E-state index contributed by atoms with van der Waals surface area (Å²) in [6, 6.07) is 18.0. The molecule has 3 aromatic rings. The third-order valence-electron chi connectivity index (χ3n) is 5.57. The number of anilines is 1. The van der Waals surface area contributed by atoms with Gasteiger partial charge >= 0.3 is 0 Å². The number of hydrogen-bond donors (Lipinski definition) is 1. The van der Waals surface area contributed by atoms with Crippen LogP contribution in [0.15, 0.2) is 66.9 Å². The fourth-order valence-electron chi connectivity index (χ4n) is 3.99. The Morgan fingerprint density at radius 1 is 1.07 bits per heavy atom. The molecule has 0 bridgehead atoms. The summed E-state index contributed by atoms with van der Waals surface area (Å²) in [6.45, 7) is 1.90. The highest BCUT2D eigenvalue weighted by molar-refractivity contribution is 6.04. The van der Waals surface area contributed by atoms with Gasteiger partial charge in [0, 0.05) is 18.8 Å². The quantitative estimate of drug-likeness (QED) is 0.719. The Labute approximate surface area is 175 Å². The number of rotatable bonds is 4. The van der Waals surface area contributed by atoms with Crippen LogP contribution in [-0.2, 0) is 4.79 Å². The van der Waals surface area contributed by atoms with Crippen LogP contribution in [0.5, 0.6) is 5.75 Å². The Morgan fingerprint density at radius 3 is 2.50 bits per heavy atom. The van der Waals surface area contributed by atoms with Crippen molar-refractivity contribution in [1.29, 1.82) is 0 Å².